The lowest BCUT2D eigenvalue weighted by Crippen LogP contribution is -2.50. The fourth-order valence-corrected chi connectivity index (χ4v) is 4.88. The highest BCUT2D eigenvalue weighted by Gasteiger charge is 2.27. The number of amides is 2. The van der Waals surface area contributed by atoms with Crippen LogP contribution in [0.4, 0.5) is 5.69 Å². The van der Waals surface area contributed by atoms with Gasteiger partial charge in [0.1, 0.15) is 11.8 Å². The van der Waals surface area contributed by atoms with E-state index in [1.54, 1.807) is 36.1 Å². The Balaban J connectivity index is 2.10. The molecule has 0 aliphatic heterocycles. The molecule has 2 aromatic carbocycles. The minimum absolute atomic E-state index is 0.0125. The van der Waals surface area contributed by atoms with Gasteiger partial charge in [0.25, 0.3) is 0 Å². The number of hydrogen-bond acceptors (Lipinski definition) is 5. The minimum atomic E-state index is -3.55. The van der Waals surface area contributed by atoms with Crippen molar-refractivity contribution in [1.29, 1.82) is 0 Å². The van der Waals surface area contributed by atoms with E-state index < -0.39 is 16.1 Å². The molecule has 0 aliphatic carbocycles. The average molecular weight is 532 g/mol. The van der Waals surface area contributed by atoms with E-state index in [0.29, 0.717) is 37.4 Å². The first-order valence-electron chi connectivity index (χ1n) is 12.9. The van der Waals surface area contributed by atoms with Crippen molar-refractivity contribution in [3.05, 3.63) is 60.2 Å². The predicted octanol–water partition coefficient (Wildman–Crippen LogP) is 4.01. The Morgan fingerprint density at radius 3 is 2.19 bits per heavy atom. The number of carbonyl (C=O) groups is 2. The smallest absolute Gasteiger partial charge is 0.242 e. The highest BCUT2D eigenvalue weighted by molar-refractivity contribution is 7.92. The van der Waals surface area contributed by atoms with Gasteiger partial charge in [0.05, 0.1) is 18.6 Å². The van der Waals surface area contributed by atoms with Crippen LogP contribution in [0.2, 0.25) is 0 Å². The van der Waals surface area contributed by atoms with E-state index >= 15 is 0 Å². The summed E-state index contributed by atoms with van der Waals surface area (Å²) in [4.78, 5) is 27.8. The molecule has 0 bridgehead atoms. The molecule has 2 amide bonds. The maximum Gasteiger partial charge on any atom is 0.242 e. The Bertz CT molecular complexity index is 1090. The Labute approximate surface area is 222 Å². The Kier molecular flexibility index (Phi) is 11.9. The number of hydrogen-bond donors (Lipinski definition) is 1. The van der Waals surface area contributed by atoms with Crippen molar-refractivity contribution in [3.63, 3.8) is 0 Å². The molecule has 0 aliphatic rings. The van der Waals surface area contributed by atoms with Crippen molar-refractivity contribution in [1.82, 2.24) is 10.2 Å². The highest BCUT2D eigenvalue weighted by atomic mass is 32.2. The topological polar surface area (TPSA) is 96.0 Å². The van der Waals surface area contributed by atoms with Gasteiger partial charge in [0.15, 0.2) is 0 Å². The second-order valence-electron chi connectivity index (χ2n) is 9.18. The van der Waals surface area contributed by atoms with Crippen LogP contribution < -0.4 is 14.4 Å². The van der Waals surface area contributed by atoms with Crippen LogP contribution in [-0.2, 0) is 26.0 Å². The van der Waals surface area contributed by atoms with Crippen molar-refractivity contribution in [2.45, 2.75) is 65.5 Å². The largest absolute Gasteiger partial charge is 0.494 e. The number of rotatable bonds is 15. The van der Waals surface area contributed by atoms with Gasteiger partial charge in [-0.2, -0.15) is 0 Å². The molecule has 2 unspecified atom stereocenters. The van der Waals surface area contributed by atoms with Crippen molar-refractivity contribution < 1.29 is 22.7 Å². The van der Waals surface area contributed by atoms with E-state index in [1.165, 1.54) is 4.31 Å². The van der Waals surface area contributed by atoms with Gasteiger partial charge in [-0.05, 0) is 69.9 Å². The molecule has 0 saturated carbocycles. The SMILES string of the molecule is CCOc1ccc(N(CCCC(=O)N(CCc2ccccc2)C(C)C(=O)NC(C)CC)S(C)(=O)=O)cc1. The summed E-state index contributed by atoms with van der Waals surface area (Å²) in [6.07, 6.45) is 3.01. The first kappa shape index (κ1) is 30.2. The van der Waals surface area contributed by atoms with Gasteiger partial charge in [-0.3, -0.25) is 13.9 Å². The molecular weight excluding hydrogens is 490 g/mol. The van der Waals surface area contributed by atoms with Crippen LogP contribution in [0.3, 0.4) is 0 Å². The summed E-state index contributed by atoms with van der Waals surface area (Å²) < 4.78 is 31.7. The highest BCUT2D eigenvalue weighted by Crippen LogP contribution is 2.22. The zero-order chi connectivity index (χ0) is 27.4. The van der Waals surface area contributed by atoms with Crippen LogP contribution in [-0.4, -0.2) is 63.2 Å². The Hall–Kier alpha value is -3.07. The molecular formula is C28H41N3O5S. The molecule has 1 N–H and O–H groups in total. The number of nitrogens with one attached hydrogen (secondary N) is 1. The van der Waals surface area contributed by atoms with Crippen LogP contribution in [0.1, 0.15) is 52.5 Å². The summed E-state index contributed by atoms with van der Waals surface area (Å²) in [5.41, 5.74) is 1.59. The van der Waals surface area contributed by atoms with Crippen LogP contribution in [0, 0.1) is 0 Å². The second kappa shape index (κ2) is 14.6. The van der Waals surface area contributed by atoms with Gasteiger partial charge in [-0.15, -0.1) is 0 Å². The summed E-state index contributed by atoms with van der Waals surface area (Å²) in [6, 6.07) is 16.0. The minimum Gasteiger partial charge on any atom is -0.494 e. The molecule has 0 spiro atoms. The predicted molar refractivity (Wildman–Crippen MR) is 148 cm³/mol. The summed E-state index contributed by atoms with van der Waals surface area (Å²) >= 11 is 0. The number of ether oxygens (including phenoxy) is 1. The molecule has 0 fully saturated rings. The van der Waals surface area contributed by atoms with Crippen molar-refractivity contribution in [3.8, 4) is 5.75 Å². The van der Waals surface area contributed by atoms with Gasteiger partial charge in [0.2, 0.25) is 21.8 Å². The molecule has 37 heavy (non-hydrogen) atoms. The third-order valence-corrected chi connectivity index (χ3v) is 7.43. The zero-order valence-corrected chi connectivity index (χ0v) is 23.5. The first-order chi connectivity index (χ1) is 17.6. The van der Waals surface area contributed by atoms with E-state index in [1.807, 2.05) is 51.1 Å². The molecule has 2 rings (SSSR count). The summed E-state index contributed by atoms with van der Waals surface area (Å²) in [7, 11) is -3.55. The van der Waals surface area contributed by atoms with E-state index in [0.717, 1.165) is 18.2 Å². The monoisotopic (exact) mass is 531 g/mol. The molecule has 2 atom stereocenters. The molecule has 9 heteroatoms. The number of anilines is 1. The average Bonchev–Trinajstić information content (AvgIpc) is 2.87. The molecule has 0 heterocycles. The van der Waals surface area contributed by atoms with Crippen molar-refractivity contribution in [2.75, 3.05) is 30.3 Å². The maximum absolute atomic E-state index is 13.3. The summed E-state index contributed by atoms with van der Waals surface area (Å²) in [5, 5.41) is 2.96. The van der Waals surface area contributed by atoms with Crippen molar-refractivity contribution >= 4 is 27.5 Å². The normalized spacial score (nSPS) is 12.9. The van der Waals surface area contributed by atoms with Gasteiger partial charge >= 0.3 is 0 Å². The lowest BCUT2D eigenvalue weighted by Gasteiger charge is -2.30. The molecule has 204 valence electrons. The third-order valence-electron chi connectivity index (χ3n) is 6.24. The number of nitrogens with zero attached hydrogens (tertiary/aromatic N) is 2. The fraction of sp³-hybridized carbons (Fsp3) is 0.500. The molecule has 8 nitrogen and oxygen atoms in total. The molecule has 0 aromatic heterocycles. The fourth-order valence-electron chi connectivity index (χ4n) is 3.91. The van der Waals surface area contributed by atoms with E-state index in [-0.39, 0.29) is 30.8 Å². The number of sulfonamides is 1. The summed E-state index contributed by atoms with van der Waals surface area (Å²) in [6.45, 7) is 8.61. The lowest BCUT2D eigenvalue weighted by atomic mass is 10.1. The standard InChI is InChI=1S/C28H41N3O5S/c1-6-22(3)29-28(33)23(4)30(21-19-24-12-9-8-10-13-24)27(32)14-11-20-31(37(5,34)35)25-15-17-26(18-16-25)36-7-2/h8-10,12-13,15-18,22-23H,6-7,11,14,19-21H2,1-5H3,(H,29,33). The molecule has 2 aromatic rings. The van der Waals surface area contributed by atoms with Gasteiger partial charge in [0, 0.05) is 25.6 Å². The maximum atomic E-state index is 13.3. The molecule has 0 radical (unpaired) electrons. The zero-order valence-electron chi connectivity index (χ0n) is 22.6. The van der Waals surface area contributed by atoms with Gasteiger partial charge in [-0.25, -0.2) is 8.42 Å². The first-order valence-corrected chi connectivity index (χ1v) is 14.8. The van der Waals surface area contributed by atoms with Crippen molar-refractivity contribution in [2.24, 2.45) is 0 Å². The Morgan fingerprint density at radius 2 is 1.62 bits per heavy atom. The number of carbonyl (C=O) groups excluding carboxylic acids is 2. The molecule has 0 saturated heterocycles. The van der Waals surface area contributed by atoms with Gasteiger partial charge < -0.3 is 15.0 Å². The van der Waals surface area contributed by atoms with E-state index in [9.17, 15) is 18.0 Å². The van der Waals surface area contributed by atoms with Crippen LogP contribution in [0.25, 0.3) is 0 Å². The van der Waals surface area contributed by atoms with Crippen LogP contribution >= 0.6 is 0 Å². The van der Waals surface area contributed by atoms with Gasteiger partial charge in [-0.1, -0.05) is 37.3 Å². The van der Waals surface area contributed by atoms with Crippen LogP contribution in [0.5, 0.6) is 5.75 Å². The van der Waals surface area contributed by atoms with E-state index in [4.69, 9.17) is 4.74 Å². The second-order valence-corrected chi connectivity index (χ2v) is 11.1. The van der Waals surface area contributed by atoms with Crippen LogP contribution in [0.15, 0.2) is 54.6 Å². The summed E-state index contributed by atoms with van der Waals surface area (Å²) in [5.74, 6) is 0.291. The van der Waals surface area contributed by atoms with E-state index in [2.05, 4.69) is 5.32 Å². The lowest BCUT2D eigenvalue weighted by molar-refractivity contribution is -0.140. The number of benzene rings is 2. The quantitative estimate of drug-likeness (QED) is 0.375. The Morgan fingerprint density at radius 1 is 0.973 bits per heavy atom. The third kappa shape index (κ3) is 9.72.